The fraction of sp³-hybridized carbons (Fsp3) is 0.880. The van der Waals surface area contributed by atoms with Gasteiger partial charge in [-0.1, -0.05) is 20.8 Å². The molecule has 2 aliphatic heterocycles. The lowest BCUT2D eigenvalue weighted by atomic mass is 9.46. The number of hydrogen-bond acceptors (Lipinski definition) is 3. The summed E-state index contributed by atoms with van der Waals surface area (Å²) in [5, 5.41) is 0. The van der Waals surface area contributed by atoms with Gasteiger partial charge >= 0.3 is 0 Å². The lowest BCUT2D eigenvalue weighted by Gasteiger charge is -2.57. The zero-order chi connectivity index (χ0) is 19.3. The summed E-state index contributed by atoms with van der Waals surface area (Å²) in [6.07, 6.45) is 13.1. The number of epoxide rings is 2. The molecular formula is C25H36O3. The van der Waals surface area contributed by atoms with E-state index in [9.17, 15) is 4.79 Å². The molecular weight excluding hydrogens is 348 g/mol. The highest BCUT2D eigenvalue weighted by Crippen LogP contribution is 2.70. The predicted octanol–water partition coefficient (Wildman–Crippen LogP) is 4.94. The Kier molecular flexibility index (Phi) is 3.85. The lowest BCUT2D eigenvalue weighted by Crippen LogP contribution is -2.53. The Morgan fingerprint density at radius 2 is 2.00 bits per heavy atom. The van der Waals surface area contributed by atoms with Crippen molar-refractivity contribution in [1.82, 2.24) is 0 Å². The Morgan fingerprint density at radius 1 is 1.18 bits per heavy atom. The van der Waals surface area contributed by atoms with E-state index < -0.39 is 0 Å². The van der Waals surface area contributed by atoms with Crippen molar-refractivity contribution in [3.05, 3.63) is 11.6 Å². The van der Waals surface area contributed by atoms with Crippen LogP contribution in [0.3, 0.4) is 0 Å². The number of hydrogen-bond donors (Lipinski definition) is 0. The molecule has 0 aromatic heterocycles. The van der Waals surface area contributed by atoms with E-state index in [0.717, 1.165) is 49.0 Å². The molecule has 6 rings (SSSR count). The van der Waals surface area contributed by atoms with Crippen LogP contribution in [0.5, 0.6) is 0 Å². The molecule has 0 N–H and O–H groups in total. The van der Waals surface area contributed by atoms with Crippen molar-refractivity contribution in [2.24, 2.45) is 40.4 Å². The molecule has 3 heteroatoms. The molecule has 10 unspecified atom stereocenters. The zero-order valence-electron chi connectivity index (χ0n) is 17.8. The van der Waals surface area contributed by atoms with Gasteiger partial charge in [0.05, 0.1) is 18.8 Å². The summed E-state index contributed by atoms with van der Waals surface area (Å²) in [6.45, 7) is 8.61. The van der Waals surface area contributed by atoms with Gasteiger partial charge in [-0.25, -0.2) is 0 Å². The third-order valence-corrected chi connectivity index (χ3v) is 10.3. The van der Waals surface area contributed by atoms with Crippen LogP contribution in [0, 0.1) is 40.4 Å². The van der Waals surface area contributed by atoms with Gasteiger partial charge in [-0.3, -0.25) is 4.79 Å². The van der Waals surface area contributed by atoms with Crippen LogP contribution in [0.1, 0.15) is 72.1 Å². The van der Waals surface area contributed by atoms with Crippen molar-refractivity contribution in [3.63, 3.8) is 0 Å². The smallest absolute Gasteiger partial charge is 0.155 e. The van der Waals surface area contributed by atoms with Crippen molar-refractivity contribution < 1.29 is 14.3 Å². The molecule has 154 valence electrons. The second-order valence-corrected chi connectivity index (χ2v) is 11.5. The van der Waals surface area contributed by atoms with Crippen LogP contribution < -0.4 is 0 Å². The van der Waals surface area contributed by atoms with Crippen molar-refractivity contribution in [2.45, 2.75) is 90.4 Å². The molecule has 4 aliphatic carbocycles. The van der Waals surface area contributed by atoms with Crippen molar-refractivity contribution in [1.29, 1.82) is 0 Å². The number of rotatable bonds is 4. The Hall–Kier alpha value is -0.670. The topological polar surface area (TPSA) is 42.1 Å². The van der Waals surface area contributed by atoms with Gasteiger partial charge in [0.1, 0.15) is 6.10 Å². The lowest BCUT2D eigenvalue weighted by molar-refractivity contribution is -0.117. The number of ether oxygens (including phenoxy) is 2. The average Bonchev–Trinajstić information content (AvgIpc) is 3.57. The summed E-state index contributed by atoms with van der Waals surface area (Å²) in [7, 11) is 0. The minimum absolute atomic E-state index is 0.213. The minimum atomic E-state index is 0.213. The largest absolute Gasteiger partial charge is 0.373 e. The molecule has 3 nitrogen and oxygen atoms in total. The highest BCUT2D eigenvalue weighted by atomic mass is 16.6. The van der Waals surface area contributed by atoms with E-state index in [-0.39, 0.29) is 11.5 Å². The molecule has 5 fully saturated rings. The quantitative estimate of drug-likeness (QED) is 0.645. The monoisotopic (exact) mass is 384 g/mol. The van der Waals surface area contributed by atoms with Gasteiger partial charge in [0, 0.05) is 6.42 Å². The summed E-state index contributed by atoms with van der Waals surface area (Å²) >= 11 is 0. The number of ketones is 1. The van der Waals surface area contributed by atoms with Crippen LogP contribution in [0.2, 0.25) is 0 Å². The first kappa shape index (κ1) is 18.1. The molecule has 0 bridgehead atoms. The Labute approximate surface area is 169 Å². The first-order valence-electron chi connectivity index (χ1n) is 11.9. The van der Waals surface area contributed by atoms with Crippen molar-refractivity contribution in [3.8, 4) is 0 Å². The molecule has 3 saturated carbocycles. The summed E-state index contributed by atoms with van der Waals surface area (Å²) in [6, 6.07) is 0. The normalized spacial score (nSPS) is 54.8. The molecule has 0 radical (unpaired) electrons. The maximum Gasteiger partial charge on any atom is 0.155 e. The van der Waals surface area contributed by atoms with Crippen LogP contribution in [0.15, 0.2) is 11.6 Å². The van der Waals surface area contributed by atoms with E-state index in [2.05, 4.69) is 20.8 Å². The molecule has 0 amide bonds. The average molecular weight is 385 g/mol. The maximum atomic E-state index is 12.1. The molecule has 28 heavy (non-hydrogen) atoms. The highest BCUT2D eigenvalue weighted by Gasteiger charge is 2.69. The maximum absolute atomic E-state index is 12.1. The summed E-state index contributed by atoms with van der Waals surface area (Å²) in [4.78, 5) is 12.1. The highest BCUT2D eigenvalue weighted by molar-refractivity contribution is 5.92. The van der Waals surface area contributed by atoms with Crippen LogP contribution in [0.25, 0.3) is 0 Å². The van der Waals surface area contributed by atoms with Gasteiger partial charge in [0.15, 0.2) is 5.78 Å². The molecule has 2 heterocycles. The van der Waals surface area contributed by atoms with Gasteiger partial charge < -0.3 is 9.47 Å². The second kappa shape index (κ2) is 5.94. The van der Waals surface area contributed by atoms with Crippen molar-refractivity contribution >= 4 is 5.78 Å². The van der Waals surface area contributed by atoms with E-state index in [1.54, 1.807) is 0 Å². The summed E-state index contributed by atoms with van der Waals surface area (Å²) in [5.41, 5.74) is 2.07. The van der Waals surface area contributed by atoms with Gasteiger partial charge in [0.25, 0.3) is 0 Å². The van der Waals surface area contributed by atoms with E-state index >= 15 is 0 Å². The first-order valence-corrected chi connectivity index (χ1v) is 11.9. The van der Waals surface area contributed by atoms with Gasteiger partial charge in [0.2, 0.25) is 0 Å². The summed E-state index contributed by atoms with van der Waals surface area (Å²) in [5.74, 6) is 4.28. The number of carbonyl (C=O) groups excluding carboxylic acids is 1. The standard InChI is InChI=1S/C25H36O3/c1-14(4-5-16-13-27-16)17-6-7-18-21-19(9-11-24(17,18)2)25(3)10-8-15(26)12-20(25)22-23(21)28-22/h12,14,16-19,21-23H,4-11,13H2,1-3H3. The fourth-order valence-corrected chi connectivity index (χ4v) is 8.67. The minimum Gasteiger partial charge on any atom is -0.373 e. The fourth-order valence-electron chi connectivity index (χ4n) is 8.67. The molecule has 0 spiro atoms. The van der Waals surface area contributed by atoms with E-state index in [4.69, 9.17) is 9.47 Å². The first-order chi connectivity index (χ1) is 13.4. The van der Waals surface area contributed by atoms with Crippen LogP contribution in [0.4, 0.5) is 0 Å². The Balaban J connectivity index is 1.27. The Bertz CT molecular complexity index is 723. The van der Waals surface area contributed by atoms with Crippen LogP contribution >= 0.6 is 0 Å². The third-order valence-electron chi connectivity index (χ3n) is 10.3. The molecule has 0 aromatic rings. The number of carbonyl (C=O) groups is 1. The molecule has 2 saturated heterocycles. The van der Waals surface area contributed by atoms with Crippen molar-refractivity contribution in [2.75, 3.05) is 6.61 Å². The second-order valence-electron chi connectivity index (χ2n) is 11.5. The number of fused-ring (bicyclic) bond motifs is 8. The Morgan fingerprint density at radius 3 is 2.79 bits per heavy atom. The van der Waals surface area contributed by atoms with E-state index in [0.29, 0.717) is 23.4 Å². The van der Waals surface area contributed by atoms with Gasteiger partial charge in [-0.2, -0.15) is 0 Å². The summed E-state index contributed by atoms with van der Waals surface area (Å²) < 4.78 is 11.8. The van der Waals surface area contributed by atoms with E-state index in [1.807, 2.05) is 6.08 Å². The van der Waals surface area contributed by atoms with E-state index in [1.165, 1.54) is 44.1 Å². The molecule has 10 atom stereocenters. The predicted molar refractivity (Wildman–Crippen MR) is 108 cm³/mol. The SMILES string of the molecule is CC(CCC1CO1)C1CCC2C3C4OC4C4=CC(=O)CCC4(C)C3CCC12C. The van der Waals surface area contributed by atoms with Gasteiger partial charge in [-0.05, 0) is 97.0 Å². The van der Waals surface area contributed by atoms with Crippen LogP contribution in [-0.2, 0) is 14.3 Å². The van der Waals surface area contributed by atoms with Gasteiger partial charge in [-0.15, -0.1) is 0 Å². The van der Waals surface area contributed by atoms with Crippen LogP contribution in [-0.4, -0.2) is 30.7 Å². The molecule has 6 aliphatic rings. The third kappa shape index (κ3) is 2.44. The molecule has 0 aromatic carbocycles. The zero-order valence-corrected chi connectivity index (χ0v) is 17.8.